The molecule has 1 aromatic carbocycles. The minimum Gasteiger partial charge on any atom is -0.314 e. The number of fused-ring (bicyclic) bond motifs is 2. The van der Waals surface area contributed by atoms with Crippen molar-refractivity contribution in [2.45, 2.75) is 19.0 Å². The Labute approximate surface area is 95.2 Å². The smallest absolute Gasteiger partial charge is 0.0409 e. The van der Waals surface area contributed by atoms with Gasteiger partial charge in [-0.05, 0) is 29.7 Å². The molecule has 2 aliphatic heterocycles. The van der Waals surface area contributed by atoms with E-state index >= 15 is 0 Å². The van der Waals surface area contributed by atoms with Crippen LogP contribution < -0.4 is 5.32 Å². The number of piperazine rings is 1. The number of hydrogen-bond donors (Lipinski definition) is 1. The largest absolute Gasteiger partial charge is 0.314 e. The summed E-state index contributed by atoms with van der Waals surface area (Å²) in [5.41, 5.74) is 2.89. The number of rotatable bonds is 0. The molecule has 1 unspecified atom stereocenters. The van der Waals surface area contributed by atoms with E-state index in [0.29, 0.717) is 6.04 Å². The fourth-order valence-electron chi connectivity index (χ4n) is 2.63. The van der Waals surface area contributed by atoms with Crippen LogP contribution in [0.15, 0.2) is 18.2 Å². The van der Waals surface area contributed by atoms with E-state index in [1.54, 1.807) is 0 Å². The Bertz CT molecular complexity index is 378. The number of benzene rings is 1. The van der Waals surface area contributed by atoms with E-state index in [1.165, 1.54) is 17.5 Å². The zero-order valence-electron chi connectivity index (χ0n) is 8.67. The van der Waals surface area contributed by atoms with Crippen molar-refractivity contribution >= 4 is 11.6 Å². The Balaban J connectivity index is 1.92. The van der Waals surface area contributed by atoms with Crippen molar-refractivity contribution in [1.82, 2.24) is 10.2 Å². The number of halogens is 1. The molecule has 2 nitrogen and oxygen atoms in total. The van der Waals surface area contributed by atoms with Gasteiger partial charge in [-0.25, -0.2) is 0 Å². The number of nitrogens with one attached hydrogen (secondary N) is 1. The van der Waals surface area contributed by atoms with Gasteiger partial charge in [0, 0.05) is 37.2 Å². The summed E-state index contributed by atoms with van der Waals surface area (Å²) in [7, 11) is 0. The molecule has 0 saturated carbocycles. The maximum absolute atomic E-state index is 6.02. The third-order valence-corrected chi connectivity index (χ3v) is 3.70. The highest BCUT2D eigenvalue weighted by Gasteiger charge is 2.27. The highest BCUT2D eigenvalue weighted by atomic mass is 35.5. The highest BCUT2D eigenvalue weighted by molar-refractivity contribution is 6.30. The molecule has 1 saturated heterocycles. The normalized spacial score (nSPS) is 25.8. The molecule has 1 atom stereocenters. The first kappa shape index (κ1) is 9.64. The lowest BCUT2D eigenvalue weighted by Gasteiger charge is -2.40. The lowest BCUT2D eigenvalue weighted by atomic mass is 9.93. The Kier molecular flexibility index (Phi) is 2.43. The van der Waals surface area contributed by atoms with E-state index in [1.807, 2.05) is 6.07 Å². The minimum absolute atomic E-state index is 0.687. The third-order valence-electron chi connectivity index (χ3n) is 3.47. The van der Waals surface area contributed by atoms with Crippen LogP contribution >= 0.6 is 11.6 Å². The van der Waals surface area contributed by atoms with Crippen molar-refractivity contribution in [2.24, 2.45) is 0 Å². The molecule has 0 aliphatic carbocycles. The van der Waals surface area contributed by atoms with Crippen LogP contribution in [-0.4, -0.2) is 30.6 Å². The predicted molar refractivity (Wildman–Crippen MR) is 62.2 cm³/mol. The lowest BCUT2D eigenvalue weighted by molar-refractivity contribution is 0.140. The van der Waals surface area contributed by atoms with Gasteiger partial charge in [0.15, 0.2) is 0 Å². The van der Waals surface area contributed by atoms with Gasteiger partial charge >= 0.3 is 0 Å². The molecule has 1 aromatic rings. The van der Waals surface area contributed by atoms with E-state index < -0.39 is 0 Å². The van der Waals surface area contributed by atoms with Crippen LogP contribution in [0, 0.1) is 0 Å². The van der Waals surface area contributed by atoms with E-state index in [0.717, 1.165) is 31.2 Å². The van der Waals surface area contributed by atoms with Crippen LogP contribution in [0.1, 0.15) is 11.1 Å². The molecule has 2 aliphatic rings. The molecule has 0 amide bonds. The number of hydrogen-bond acceptors (Lipinski definition) is 2. The van der Waals surface area contributed by atoms with Gasteiger partial charge in [-0.3, -0.25) is 4.90 Å². The molecule has 1 N–H and O–H groups in total. The van der Waals surface area contributed by atoms with Gasteiger partial charge in [0.2, 0.25) is 0 Å². The van der Waals surface area contributed by atoms with Crippen LogP contribution in [0.25, 0.3) is 0 Å². The second kappa shape index (κ2) is 3.78. The lowest BCUT2D eigenvalue weighted by Crippen LogP contribution is -2.53. The van der Waals surface area contributed by atoms with Crippen LogP contribution in [0.4, 0.5) is 0 Å². The highest BCUT2D eigenvalue weighted by Crippen LogP contribution is 2.26. The monoisotopic (exact) mass is 222 g/mol. The van der Waals surface area contributed by atoms with Gasteiger partial charge in [-0.15, -0.1) is 0 Å². The Morgan fingerprint density at radius 1 is 1.33 bits per heavy atom. The molecule has 80 valence electrons. The van der Waals surface area contributed by atoms with Gasteiger partial charge in [0.1, 0.15) is 0 Å². The van der Waals surface area contributed by atoms with Gasteiger partial charge < -0.3 is 5.32 Å². The topological polar surface area (TPSA) is 15.3 Å². The van der Waals surface area contributed by atoms with Gasteiger partial charge in [0.05, 0.1) is 0 Å². The number of nitrogens with zero attached hydrogens (tertiary/aromatic N) is 1. The molecule has 15 heavy (non-hydrogen) atoms. The maximum atomic E-state index is 6.02. The molecule has 1 fully saturated rings. The predicted octanol–water partition coefficient (Wildman–Crippen LogP) is 1.67. The summed E-state index contributed by atoms with van der Waals surface area (Å²) in [6, 6.07) is 7.00. The average molecular weight is 223 g/mol. The molecule has 0 aromatic heterocycles. The SMILES string of the molecule is Clc1ccc2c(c1)CN1CCNCC1C2. The summed E-state index contributed by atoms with van der Waals surface area (Å²) in [6.45, 7) is 4.48. The third kappa shape index (κ3) is 1.78. The molecule has 0 spiro atoms. The second-order valence-electron chi connectivity index (χ2n) is 4.45. The van der Waals surface area contributed by atoms with Crippen molar-refractivity contribution < 1.29 is 0 Å². The fraction of sp³-hybridized carbons (Fsp3) is 0.500. The Morgan fingerprint density at radius 3 is 3.20 bits per heavy atom. The summed E-state index contributed by atoms with van der Waals surface area (Å²) in [5, 5.41) is 4.32. The minimum atomic E-state index is 0.687. The van der Waals surface area contributed by atoms with Gasteiger partial charge in [-0.2, -0.15) is 0 Å². The van der Waals surface area contributed by atoms with E-state index in [-0.39, 0.29) is 0 Å². The summed E-state index contributed by atoms with van der Waals surface area (Å²) in [5.74, 6) is 0. The van der Waals surface area contributed by atoms with Crippen molar-refractivity contribution in [2.75, 3.05) is 19.6 Å². The van der Waals surface area contributed by atoms with Crippen molar-refractivity contribution in [3.8, 4) is 0 Å². The molecule has 0 bridgehead atoms. The van der Waals surface area contributed by atoms with Crippen LogP contribution in [0.2, 0.25) is 5.02 Å². The standard InChI is InChI=1S/C12H15ClN2/c13-11-2-1-9-6-12-7-14-3-4-15(12)8-10(9)5-11/h1-2,5,12,14H,3-4,6-8H2. The van der Waals surface area contributed by atoms with Crippen molar-refractivity contribution in [3.05, 3.63) is 34.3 Å². The van der Waals surface area contributed by atoms with E-state index in [9.17, 15) is 0 Å². The van der Waals surface area contributed by atoms with Crippen LogP contribution in [0.5, 0.6) is 0 Å². The average Bonchev–Trinajstić information content (AvgIpc) is 2.26. The van der Waals surface area contributed by atoms with Crippen molar-refractivity contribution in [1.29, 1.82) is 0 Å². The molecule has 0 radical (unpaired) electrons. The zero-order chi connectivity index (χ0) is 10.3. The van der Waals surface area contributed by atoms with Crippen LogP contribution in [0.3, 0.4) is 0 Å². The molecule has 3 heteroatoms. The molecular formula is C12H15ClN2. The van der Waals surface area contributed by atoms with Gasteiger partial charge in [0.25, 0.3) is 0 Å². The van der Waals surface area contributed by atoms with Crippen LogP contribution in [-0.2, 0) is 13.0 Å². The summed E-state index contributed by atoms with van der Waals surface area (Å²) >= 11 is 6.02. The summed E-state index contributed by atoms with van der Waals surface area (Å²) in [6.07, 6.45) is 1.17. The Hall–Kier alpha value is -0.570. The second-order valence-corrected chi connectivity index (χ2v) is 4.88. The summed E-state index contributed by atoms with van der Waals surface area (Å²) in [4.78, 5) is 2.56. The molecule has 3 rings (SSSR count). The first-order valence-electron chi connectivity index (χ1n) is 5.55. The molecular weight excluding hydrogens is 208 g/mol. The summed E-state index contributed by atoms with van der Waals surface area (Å²) < 4.78 is 0. The fourth-order valence-corrected chi connectivity index (χ4v) is 2.82. The molecule has 2 heterocycles. The Morgan fingerprint density at radius 2 is 2.27 bits per heavy atom. The van der Waals surface area contributed by atoms with E-state index in [4.69, 9.17) is 11.6 Å². The first-order chi connectivity index (χ1) is 7.33. The van der Waals surface area contributed by atoms with Gasteiger partial charge in [-0.1, -0.05) is 17.7 Å². The first-order valence-corrected chi connectivity index (χ1v) is 5.93. The van der Waals surface area contributed by atoms with E-state index in [2.05, 4.69) is 22.3 Å². The quantitative estimate of drug-likeness (QED) is 0.719. The van der Waals surface area contributed by atoms with Crippen molar-refractivity contribution in [3.63, 3.8) is 0 Å². The zero-order valence-corrected chi connectivity index (χ0v) is 9.43. The maximum Gasteiger partial charge on any atom is 0.0409 e.